The zero-order valence-electron chi connectivity index (χ0n) is 12.1. The first-order valence-electron chi connectivity index (χ1n) is 6.75. The number of rotatable bonds is 6. The van der Waals surface area contributed by atoms with Gasteiger partial charge in [-0.2, -0.15) is 0 Å². The number of nitrogens with two attached hydrogens (primary N) is 1. The van der Waals surface area contributed by atoms with Crippen molar-refractivity contribution in [3.8, 4) is 0 Å². The Bertz CT molecular complexity index is 679. The van der Waals surface area contributed by atoms with Crippen LogP contribution in [0.1, 0.15) is 30.3 Å². The predicted octanol–water partition coefficient (Wildman–Crippen LogP) is 3.15. The highest BCUT2D eigenvalue weighted by atomic mass is 32.2. The molecular formula is C15H20N2O2S2. The Morgan fingerprint density at radius 3 is 2.57 bits per heavy atom. The molecule has 0 spiro atoms. The van der Waals surface area contributed by atoms with Gasteiger partial charge >= 0.3 is 0 Å². The summed E-state index contributed by atoms with van der Waals surface area (Å²) in [5.41, 5.74) is 6.95. The van der Waals surface area contributed by atoms with Crippen LogP contribution in [0.4, 0.5) is 5.69 Å². The van der Waals surface area contributed by atoms with Crippen LogP contribution in [0.15, 0.2) is 41.8 Å². The summed E-state index contributed by atoms with van der Waals surface area (Å²) in [6.45, 7) is 4.01. The molecule has 1 aromatic heterocycles. The molecule has 0 radical (unpaired) electrons. The van der Waals surface area contributed by atoms with Gasteiger partial charge in [-0.05, 0) is 35.1 Å². The molecule has 0 bridgehead atoms. The summed E-state index contributed by atoms with van der Waals surface area (Å²) in [5.74, 6) is 0.117. The lowest BCUT2D eigenvalue weighted by Crippen LogP contribution is -2.32. The van der Waals surface area contributed by atoms with Crippen molar-refractivity contribution >= 4 is 27.0 Å². The maximum Gasteiger partial charge on any atom is 0.216 e. The van der Waals surface area contributed by atoms with E-state index in [0.717, 1.165) is 4.88 Å². The molecule has 0 aliphatic rings. The van der Waals surface area contributed by atoms with Crippen molar-refractivity contribution in [3.63, 3.8) is 0 Å². The number of hydrogen-bond donors (Lipinski definition) is 2. The number of nitrogen functional groups attached to an aromatic ring is 1. The molecule has 6 heteroatoms. The molecule has 3 N–H and O–H groups in total. The van der Waals surface area contributed by atoms with Gasteiger partial charge in [-0.15, -0.1) is 11.3 Å². The van der Waals surface area contributed by atoms with Crippen molar-refractivity contribution < 1.29 is 8.42 Å². The summed E-state index contributed by atoms with van der Waals surface area (Å²) >= 11 is 1.56. The molecule has 1 aromatic carbocycles. The third-order valence-electron chi connectivity index (χ3n) is 3.13. The van der Waals surface area contributed by atoms with Gasteiger partial charge in [-0.25, -0.2) is 13.1 Å². The van der Waals surface area contributed by atoms with E-state index >= 15 is 0 Å². The Labute approximate surface area is 130 Å². The third kappa shape index (κ3) is 4.56. The predicted molar refractivity (Wildman–Crippen MR) is 88.5 cm³/mol. The Morgan fingerprint density at radius 2 is 2.00 bits per heavy atom. The molecule has 114 valence electrons. The Hall–Kier alpha value is -1.37. The van der Waals surface area contributed by atoms with E-state index < -0.39 is 10.0 Å². The molecule has 21 heavy (non-hydrogen) atoms. The van der Waals surface area contributed by atoms with Gasteiger partial charge in [-0.1, -0.05) is 32.0 Å². The molecule has 0 saturated carbocycles. The molecule has 1 atom stereocenters. The van der Waals surface area contributed by atoms with E-state index in [9.17, 15) is 8.42 Å². The molecular weight excluding hydrogens is 304 g/mol. The minimum absolute atomic E-state index is 0.0629. The zero-order valence-corrected chi connectivity index (χ0v) is 13.7. The van der Waals surface area contributed by atoms with Gasteiger partial charge in [0.2, 0.25) is 10.0 Å². The highest BCUT2D eigenvalue weighted by molar-refractivity contribution is 7.88. The molecule has 0 aliphatic carbocycles. The molecule has 4 nitrogen and oxygen atoms in total. The van der Waals surface area contributed by atoms with Crippen LogP contribution >= 0.6 is 11.3 Å². The van der Waals surface area contributed by atoms with E-state index in [4.69, 9.17) is 5.73 Å². The Balaban J connectivity index is 2.16. The van der Waals surface area contributed by atoms with Gasteiger partial charge in [0.05, 0.1) is 11.8 Å². The first-order chi connectivity index (χ1) is 9.87. The van der Waals surface area contributed by atoms with E-state index in [1.54, 1.807) is 35.6 Å². The average molecular weight is 324 g/mol. The molecule has 0 saturated heterocycles. The lowest BCUT2D eigenvalue weighted by molar-refractivity contribution is 0.468. The summed E-state index contributed by atoms with van der Waals surface area (Å²) in [7, 11) is -3.42. The van der Waals surface area contributed by atoms with Crippen LogP contribution in [-0.2, 0) is 15.8 Å². The van der Waals surface area contributed by atoms with Crippen LogP contribution in [0.2, 0.25) is 0 Å². The number of hydrogen-bond acceptors (Lipinski definition) is 4. The van der Waals surface area contributed by atoms with E-state index in [1.165, 1.54) is 0 Å². The topological polar surface area (TPSA) is 72.2 Å². The summed E-state index contributed by atoms with van der Waals surface area (Å²) in [6.07, 6.45) is 0. The molecule has 1 heterocycles. The minimum Gasteiger partial charge on any atom is -0.399 e. The summed E-state index contributed by atoms with van der Waals surface area (Å²) in [4.78, 5) is 1.03. The maximum absolute atomic E-state index is 12.4. The van der Waals surface area contributed by atoms with Gasteiger partial charge in [0.15, 0.2) is 0 Å². The van der Waals surface area contributed by atoms with Gasteiger partial charge in [0.25, 0.3) is 0 Å². The fourth-order valence-electron chi connectivity index (χ4n) is 2.13. The normalized spacial score (nSPS) is 13.5. The molecule has 1 unspecified atom stereocenters. The second-order valence-corrected chi connectivity index (χ2v) is 8.09. The average Bonchev–Trinajstić information content (AvgIpc) is 2.88. The van der Waals surface area contributed by atoms with Crippen LogP contribution in [0.3, 0.4) is 0 Å². The highest BCUT2D eigenvalue weighted by Gasteiger charge is 2.23. The molecule has 2 rings (SSSR count). The quantitative estimate of drug-likeness (QED) is 0.802. The van der Waals surface area contributed by atoms with Crippen molar-refractivity contribution in [2.45, 2.75) is 25.6 Å². The lowest BCUT2D eigenvalue weighted by Gasteiger charge is -2.21. The fraction of sp³-hybridized carbons (Fsp3) is 0.333. The van der Waals surface area contributed by atoms with Gasteiger partial charge in [0.1, 0.15) is 0 Å². The van der Waals surface area contributed by atoms with Crippen LogP contribution in [0.5, 0.6) is 0 Å². The second kappa shape index (κ2) is 6.60. The first kappa shape index (κ1) is 16.0. The smallest absolute Gasteiger partial charge is 0.216 e. The largest absolute Gasteiger partial charge is 0.399 e. The van der Waals surface area contributed by atoms with E-state index in [0.29, 0.717) is 11.3 Å². The molecule has 0 aliphatic heterocycles. The number of thiophene rings is 1. The number of sulfonamides is 1. The molecule has 2 aromatic rings. The van der Waals surface area contributed by atoms with Crippen molar-refractivity contribution in [1.29, 1.82) is 0 Å². The zero-order chi connectivity index (χ0) is 15.5. The first-order valence-corrected chi connectivity index (χ1v) is 9.28. The highest BCUT2D eigenvalue weighted by Crippen LogP contribution is 2.27. The summed E-state index contributed by atoms with van der Waals surface area (Å²) < 4.78 is 27.6. The van der Waals surface area contributed by atoms with Gasteiger partial charge in [-0.3, -0.25) is 0 Å². The summed E-state index contributed by atoms with van der Waals surface area (Å²) in [5, 5.41) is 1.96. The number of nitrogens with one attached hydrogen (secondary N) is 1. The van der Waals surface area contributed by atoms with E-state index in [1.807, 2.05) is 31.4 Å². The minimum atomic E-state index is -3.42. The SMILES string of the molecule is CC(C)C(NS(=O)(=O)Cc1cccc(N)c1)c1cccs1. The van der Waals surface area contributed by atoms with Crippen LogP contribution in [-0.4, -0.2) is 8.42 Å². The fourth-order valence-corrected chi connectivity index (χ4v) is 4.64. The second-order valence-electron chi connectivity index (χ2n) is 5.36. The van der Waals surface area contributed by atoms with Crippen molar-refractivity contribution in [2.75, 3.05) is 5.73 Å². The standard InChI is InChI=1S/C15H20N2O2S2/c1-11(2)15(14-7-4-8-20-14)17-21(18,19)10-12-5-3-6-13(16)9-12/h3-9,11,15,17H,10,16H2,1-2H3. The Kier molecular flexibility index (Phi) is 5.03. The number of benzene rings is 1. The van der Waals surface area contributed by atoms with Crippen LogP contribution in [0, 0.1) is 5.92 Å². The van der Waals surface area contributed by atoms with E-state index in [2.05, 4.69) is 4.72 Å². The van der Waals surface area contributed by atoms with Crippen molar-refractivity contribution in [2.24, 2.45) is 5.92 Å². The molecule has 0 amide bonds. The van der Waals surface area contributed by atoms with Crippen LogP contribution < -0.4 is 10.5 Å². The lowest BCUT2D eigenvalue weighted by atomic mass is 10.0. The van der Waals surface area contributed by atoms with Crippen LogP contribution in [0.25, 0.3) is 0 Å². The molecule has 0 fully saturated rings. The summed E-state index contributed by atoms with van der Waals surface area (Å²) in [6, 6.07) is 10.7. The number of anilines is 1. The van der Waals surface area contributed by atoms with E-state index in [-0.39, 0.29) is 17.7 Å². The third-order valence-corrected chi connectivity index (χ3v) is 5.41. The Morgan fingerprint density at radius 1 is 1.24 bits per heavy atom. The maximum atomic E-state index is 12.4. The monoisotopic (exact) mass is 324 g/mol. The van der Waals surface area contributed by atoms with Crippen molar-refractivity contribution in [3.05, 3.63) is 52.2 Å². The van der Waals surface area contributed by atoms with Gasteiger partial charge < -0.3 is 5.73 Å². The van der Waals surface area contributed by atoms with Crippen molar-refractivity contribution in [1.82, 2.24) is 4.72 Å². The van der Waals surface area contributed by atoms with Gasteiger partial charge in [0, 0.05) is 10.6 Å².